The van der Waals surface area contributed by atoms with Crippen molar-refractivity contribution in [1.82, 2.24) is 19.1 Å². The summed E-state index contributed by atoms with van der Waals surface area (Å²) in [6.07, 6.45) is 0. The number of anilines is 2. The average Bonchev–Trinajstić information content (AvgIpc) is 3.84. The number of aliphatic imine (C=N–C) groups is 2. The number of nitrogens with zero attached hydrogens (tertiary/aromatic N) is 10. The van der Waals surface area contributed by atoms with Crippen LogP contribution in [0.5, 0.6) is 11.8 Å². The van der Waals surface area contributed by atoms with Crippen LogP contribution in [0.2, 0.25) is 10.0 Å². The molecule has 3 aromatic carbocycles. The molecule has 0 spiro atoms. The molecule has 17 nitrogen and oxygen atoms in total. The number of nitrogens with one attached hydrogen (secondary N) is 2. The monoisotopic (exact) mass is 710 g/mol. The van der Waals surface area contributed by atoms with Crippen molar-refractivity contribution in [3.63, 3.8) is 0 Å². The number of hydrogen-bond acceptors (Lipinski definition) is 9. The van der Waals surface area contributed by atoms with Gasteiger partial charge in [-0.2, -0.15) is 15.0 Å². The molecule has 1 unspecified atom stereocenters. The number of halogens is 2. The number of rotatable bonds is 6. The number of aromatic hydroxyl groups is 2. The van der Waals surface area contributed by atoms with Crippen molar-refractivity contribution in [2.24, 2.45) is 30.4 Å². The highest BCUT2D eigenvalue weighted by molar-refractivity contribution is 6.31. The van der Waals surface area contributed by atoms with Crippen molar-refractivity contribution in [2.75, 3.05) is 10.6 Å². The first kappa shape index (κ1) is 32.0. The summed E-state index contributed by atoms with van der Waals surface area (Å²) >= 11 is 11.8. The molecule has 0 saturated carbocycles. The van der Waals surface area contributed by atoms with Gasteiger partial charge in [0.25, 0.3) is 23.7 Å². The van der Waals surface area contributed by atoms with Crippen LogP contribution in [-0.2, 0) is 0 Å². The first-order chi connectivity index (χ1) is 24.0. The van der Waals surface area contributed by atoms with E-state index in [1.54, 1.807) is 72.8 Å². The van der Waals surface area contributed by atoms with Gasteiger partial charge in [-0.25, -0.2) is 23.7 Å². The van der Waals surface area contributed by atoms with E-state index in [0.717, 1.165) is 14.7 Å². The summed E-state index contributed by atoms with van der Waals surface area (Å²) in [7, 11) is 0. The molecule has 2 aliphatic heterocycles. The fourth-order valence-corrected chi connectivity index (χ4v) is 5.23. The summed E-state index contributed by atoms with van der Waals surface area (Å²) in [5.41, 5.74) is 1.54. The maximum atomic E-state index is 14.3. The zero-order valence-electron chi connectivity index (χ0n) is 25.4. The van der Waals surface area contributed by atoms with Crippen LogP contribution >= 0.6 is 23.2 Å². The summed E-state index contributed by atoms with van der Waals surface area (Å²) in [6.45, 7) is 1.84. The molecule has 2 aromatic heterocycles. The molecule has 50 heavy (non-hydrogen) atoms. The van der Waals surface area contributed by atoms with Gasteiger partial charge in [0, 0.05) is 27.0 Å². The van der Waals surface area contributed by atoms with Gasteiger partial charge >= 0.3 is 12.1 Å². The van der Waals surface area contributed by atoms with Gasteiger partial charge in [0.05, 0.1) is 0 Å². The number of aromatic nitrogens is 4. The van der Waals surface area contributed by atoms with Crippen molar-refractivity contribution in [1.29, 1.82) is 0 Å². The van der Waals surface area contributed by atoms with Crippen molar-refractivity contribution < 1.29 is 24.6 Å². The molecule has 1 atom stereocenters. The van der Waals surface area contributed by atoms with Crippen LogP contribution in [0.1, 0.15) is 33.4 Å². The molecule has 0 saturated heterocycles. The standard InChI is InChI=1S/C31H20Cl2N12O5/c1-14-2-4-15(5-3-14)22(46)20(21-26(48)45-27(36-21)42-43-29(45)39-31(50)35-19-12-8-17(33)9-13-19)23-37-25(47)24-40-41-28(44(23)24)38-30(49)34-18-10-6-16(32)7-11-18/h2-13,20,47-48H,1H3,(H,34,49)(H,35,50)/b38-28?,39-29-. The Labute approximate surface area is 290 Å². The molecule has 7 rings (SSSR count). The fourth-order valence-electron chi connectivity index (χ4n) is 4.97. The predicted octanol–water partition coefficient (Wildman–Crippen LogP) is 7.19. The highest BCUT2D eigenvalue weighted by atomic mass is 35.5. The highest BCUT2D eigenvalue weighted by Gasteiger charge is 2.40. The van der Waals surface area contributed by atoms with Crippen LogP contribution in [0.4, 0.5) is 32.7 Å². The van der Waals surface area contributed by atoms with E-state index in [2.05, 4.69) is 51.0 Å². The van der Waals surface area contributed by atoms with Crippen molar-refractivity contribution in [2.45, 2.75) is 12.8 Å². The van der Waals surface area contributed by atoms with Gasteiger partial charge in [-0.05, 0) is 55.5 Å². The maximum absolute atomic E-state index is 14.3. The van der Waals surface area contributed by atoms with E-state index in [4.69, 9.17) is 23.2 Å². The molecule has 0 bridgehead atoms. The largest absolute Gasteiger partial charge is 0.493 e. The fraction of sp³-hybridized carbons (Fsp3) is 0.0645. The first-order valence-electron chi connectivity index (χ1n) is 14.4. The van der Waals surface area contributed by atoms with E-state index in [1.807, 2.05) is 6.92 Å². The Morgan fingerprint density at radius 2 is 1.26 bits per heavy atom. The third-order valence-electron chi connectivity index (χ3n) is 7.31. The minimum Gasteiger partial charge on any atom is -0.493 e. The van der Waals surface area contributed by atoms with Gasteiger partial charge in [0.1, 0.15) is 17.4 Å². The first-order valence-corrected chi connectivity index (χ1v) is 15.2. The third kappa shape index (κ3) is 6.09. The Balaban J connectivity index is 1.29. The highest BCUT2D eigenvalue weighted by Crippen LogP contribution is 2.42. The lowest BCUT2D eigenvalue weighted by atomic mass is 9.93. The number of ketones is 1. The third-order valence-corrected chi connectivity index (χ3v) is 7.81. The zero-order chi connectivity index (χ0) is 35.1. The second-order valence-electron chi connectivity index (χ2n) is 10.7. The van der Waals surface area contributed by atoms with Crippen molar-refractivity contribution in [3.8, 4) is 11.8 Å². The van der Waals surface area contributed by atoms with Gasteiger partial charge in [-0.3, -0.25) is 4.79 Å². The second kappa shape index (κ2) is 12.8. The van der Waals surface area contributed by atoms with Crippen molar-refractivity contribution in [3.05, 3.63) is 105 Å². The van der Waals surface area contributed by atoms with Crippen LogP contribution in [0.3, 0.4) is 0 Å². The summed E-state index contributed by atoms with van der Waals surface area (Å²) in [5, 5.41) is 43.9. The van der Waals surface area contributed by atoms with E-state index < -0.39 is 35.5 Å². The van der Waals surface area contributed by atoms with E-state index in [9.17, 15) is 24.6 Å². The molecule has 248 valence electrons. The number of aryl methyl sites for hydroxylation is 1. The Bertz CT molecular complexity index is 2330. The average molecular weight is 711 g/mol. The molecule has 0 aliphatic carbocycles. The van der Waals surface area contributed by atoms with Gasteiger partial charge in [0.15, 0.2) is 5.78 Å². The van der Waals surface area contributed by atoms with E-state index in [0.29, 0.717) is 21.4 Å². The lowest BCUT2D eigenvalue weighted by molar-refractivity contribution is 0.0968. The molecular weight excluding hydrogens is 691 g/mol. The van der Waals surface area contributed by atoms with E-state index in [1.165, 1.54) is 0 Å². The smallest absolute Gasteiger partial charge is 0.348 e. The lowest BCUT2D eigenvalue weighted by Crippen LogP contribution is -2.23. The molecule has 0 fully saturated rings. The Morgan fingerprint density at radius 3 is 1.84 bits per heavy atom. The van der Waals surface area contributed by atoms with Crippen LogP contribution in [0.15, 0.2) is 103 Å². The number of carbonyl (C=O) groups is 3. The molecular formula is C31H20Cl2N12O5. The van der Waals surface area contributed by atoms with Crippen LogP contribution in [-0.4, -0.2) is 59.1 Å². The Hall–Kier alpha value is -6.59. The van der Waals surface area contributed by atoms with Gasteiger partial charge in [-0.15, -0.1) is 20.5 Å². The van der Waals surface area contributed by atoms with Crippen LogP contribution < -0.4 is 10.6 Å². The molecule has 5 aromatic rings. The maximum Gasteiger partial charge on any atom is 0.348 e. The topological polar surface area (TPSA) is 226 Å². The number of benzene rings is 3. The molecule has 2 aliphatic rings. The lowest BCUT2D eigenvalue weighted by Gasteiger charge is -2.15. The summed E-state index contributed by atoms with van der Waals surface area (Å²) < 4.78 is 2.05. The minimum atomic E-state index is -1.57. The number of azo groups is 2. The van der Waals surface area contributed by atoms with Gasteiger partial charge in [-0.1, -0.05) is 53.0 Å². The summed E-state index contributed by atoms with van der Waals surface area (Å²) in [4.78, 5) is 56.3. The number of amides is 4. The molecule has 0 radical (unpaired) electrons. The second-order valence-corrected chi connectivity index (χ2v) is 11.5. The Kier molecular flexibility index (Phi) is 8.18. The van der Waals surface area contributed by atoms with Crippen molar-refractivity contribution >= 4 is 76.1 Å². The van der Waals surface area contributed by atoms with E-state index >= 15 is 0 Å². The van der Waals surface area contributed by atoms with Gasteiger partial charge in [0.2, 0.25) is 11.7 Å². The summed E-state index contributed by atoms with van der Waals surface area (Å²) in [5.74, 6) is -4.87. The zero-order valence-corrected chi connectivity index (χ0v) is 26.9. The molecule has 4 amide bonds. The van der Waals surface area contributed by atoms with E-state index in [-0.39, 0.29) is 40.8 Å². The number of fused-ring (bicyclic) bond motifs is 2. The number of hydrogen-bond donors (Lipinski definition) is 4. The van der Waals surface area contributed by atoms with Gasteiger partial charge < -0.3 is 20.8 Å². The minimum absolute atomic E-state index is 0.189. The summed E-state index contributed by atoms with van der Waals surface area (Å²) in [6, 6.07) is 17.4. The number of urea groups is 2. The molecule has 19 heteroatoms. The normalized spacial score (nSPS) is 14.9. The van der Waals surface area contributed by atoms with Crippen LogP contribution in [0, 0.1) is 6.92 Å². The number of carbonyl (C=O) groups excluding carboxylic acids is 3. The number of Topliss-reactive ketones (excluding diaryl/α,β-unsaturated/α-hetero) is 1. The quantitative estimate of drug-likeness (QED) is 0.132. The molecule has 4 heterocycles. The molecule has 4 N–H and O–H groups in total. The SMILES string of the molecule is Cc1ccc(C(=O)C(c2nc3n(c2O)/C(=N\C(=O)Nc2ccc(Cl)cc2)N=N3)c2nc(O)c3n2C(=NC(=O)Nc2ccc(Cl)cc2)N=N3)cc1. The predicted molar refractivity (Wildman–Crippen MR) is 181 cm³/mol. The van der Waals surface area contributed by atoms with Crippen LogP contribution in [0.25, 0.3) is 0 Å². The Morgan fingerprint density at radius 1 is 0.720 bits per heavy atom. The number of imidazole rings is 2.